The lowest BCUT2D eigenvalue weighted by molar-refractivity contribution is 0.244. The molecule has 102 valence electrons. The van der Waals surface area contributed by atoms with E-state index in [-0.39, 0.29) is 6.03 Å². The van der Waals surface area contributed by atoms with Gasteiger partial charge in [0, 0.05) is 17.9 Å². The summed E-state index contributed by atoms with van der Waals surface area (Å²) in [5.74, 6) is 0.650. The van der Waals surface area contributed by atoms with Crippen molar-refractivity contribution in [3.05, 3.63) is 24.3 Å². The Balaban J connectivity index is 1.70. The molecule has 1 heterocycles. The van der Waals surface area contributed by atoms with Gasteiger partial charge in [-0.2, -0.15) is 0 Å². The highest BCUT2D eigenvalue weighted by molar-refractivity contribution is 5.94. The Bertz CT molecular complexity index is 451. The van der Waals surface area contributed by atoms with E-state index in [1.807, 2.05) is 29.2 Å². The van der Waals surface area contributed by atoms with Gasteiger partial charge in [0.05, 0.1) is 6.04 Å². The molecule has 1 saturated heterocycles. The predicted octanol–water partition coefficient (Wildman–Crippen LogP) is 2.75. The van der Waals surface area contributed by atoms with Crippen LogP contribution >= 0.6 is 0 Å². The van der Waals surface area contributed by atoms with Gasteiger partial charge < -0.3 is 11.1 Å². The van der Waals surface area contributed by atoms with Gasteiger partial charge in [0.2, 0.25) is 0 Å². The molecule has 1 aliphatic heterocycles. The van der Waals surface area contributed by atoms with Crippen LogP contribution in [0.3, 0.4) is 0 Å². The Morgan fingerprint density at radius 3 is 2.47 bits per heavy atom. The number of carbonyl (C=O) groups excluding carboxylic acids is 1. The van der Waals surface area contributed by atoms with Gasteiger partial charge in [-0.1, -0.05) is 19.3 Å². The summed E-state index contributed by atoms with van der Waals surface area (Å²) < 4.78 is 0. The van der Waals surface area contributed by atoms with E-state index in [0.717, 1.165) is 17.9 Å². The number of hydrogen-bond donors (Lipinski definition) is 2. The normalized spacial score (nSPS) is 24.5. The first-order valence-corrected chi connectivity index (χ1v) is 7.17. The number of nitrogens with two attached hydrogens (primary N) is 1. The second kappa shape index (κ2) is 5.11. The molecule has 1 unspecified atom stereocenters. The molecule has 3 rings (SSSR count). The van der Waals surface area contributed by atoms with Gasteiger partial charge in [0.25, 0.3) is 0 Å². The first-order chi connectivity index (χ1) is 9.24. The summed E-state index contributed by atoms with van der Waals surface area (Å²) in [7, 11) is 0. The van der Waals surface area contributed by atoms with Crippen molar-refractivity contribution >= 4 is 17.4 Å². The van der Waals surface area contributed by atoms with Crippen molar-refractivity contribution in [3.8, 4) is 0 Å². The van der Waals surface area contributed by atoms with E-state index in [1.165, 1.54) is 32.1 Å². The number of benzene rings is 1. The number of hydrogen-bond acceptors (Lipinski definition) is 2. The van der Waals surface area contributed by atoms with Crippen LogP contribution in [0.1, 0.15) is 32.1 Å². The summed E-state index contributed by atoms with van der Waals surface area (Å²) in [4.78, 5) is 13.9. The lowest BCUT2D eigenvalue weighted by Crippen LogP contribution is -2.35. The van der Waals surface area contributed by atoms with Crippen molar-refractivity contribution in [2.45, 2.75) is 38.1 Å². The summed E-state index contributed by atoms with van der Waals surface area (Å²) in [5.41, 5.74) is 7.35. The Kier molecular flexibility index (Phi) is 3.32. The van der Waals surface area contributed by atoms with Crippen molar-refractivity contribution in [2.75, 3.05) is 17.2 Å². The third kappa shape index (κ3) is 2.53. The summed E-state index contributed by atoms with van der Waals surface area (Å²) in [6.07, 6.45) is 6.46. The molecule has 3 N–H and O–H groups in total. The molecule has 2 amide bonds. The SMILES string of the molecule is Nc1ccc(N2CC(C3CCCCC3)NC2=O)cc1. The van der Waals surface area contributed by atoms with Crippen molar-refractivity contribution in [1.82, 2.24) is 5.32 Å². The minimum absolute atomic E-state index is 0.0281. The number of nitrogens with zero attached hydrogens (tertiary/aromatic N) is 1. The van der Waals surface area contributed by atoms with Crippen LogP contribution in [0.25, 0.3) is 0 Å². The third-order valence-corrected chi connectivity index (χ3v) is 4.36. The zero-order valence-corrected chi connectivity index (χ0v) is 11.1. The number of amides is 2. The van der Waals surface area contributed by atoms with E-state index in [9.17, 15) is 4.79 Å². The van der Waals surface area contributed by atoms with Crippen LogP contribution in [0.15, 0.2) is 24.3 Å². The lowest BCUT2D eigenvalue weighted by Gasteiger charge is -2.26. The maximum Gasteiger partial charge on any atom is 0.322 e. The molecular weight excluding hydrogens is 238 g/mol. The number of nitrogens with one attached hydrogen (secondary N) is 1. The fraction of sp³-hybridized carbons (Fsp3) is 0.533. The summed E-state index contributed by atoms with van der Waals surface area (Å²) in [6, 6.07) is 7.86. The smallest absolute Gasteiger partial charge is 0.322 e. The van der Waals surface area contributed by atoms with Gasteiger partial charge in [-0.05, 0) is 43.0 Å². The van der Waals surface area contributed by atoms with Crippen LogP contribution < -0.4 is 16.0 Å². The Morgan fingerprint density at radius 1 is 1.11 bits per heavy atom. The molecule has 4 nitrogen and oxygen atoms in total. The standard InChI is InChI=1S/C15H21N3O/c16-12-6-8-13(9-7-12)18-10-14(17-15(18)19)11-4-2-1-3-5-11/h6-9,11,14H,1-5,10,16H2,(H,17,19). The molecule has 2 aliphatic rings. The molecule has 0 spiro atoms. The number of rotatable bonds is 2. The van der Waals surface area contributed by atoms with Gasteiger partial charge in [-0.25, -0.2) is 4.79 Å². The van der Waals surface area contributed by atoms with Crippen LogP contribution in [0.4, 0.5) is 16.2 Å². The van der Waals surface area contributed by atoms with Crippen molar-refractivity contribution in [3.63, 3.8) is 0 Å². The van der Waals surface area contributed by atoms with Crippen molar-refractivity contribution < 1.29 is 4.79 Å². The molecule has 2 fully saturated rings. The molecule has 19 heavy (non-hydrogen) atoms. The highest BCUT2D eigenvalue weighted by Gasteiger charge is 2.35. The maximum absolute atomic E-state index is 12.1. The van der Waals surface area contributed by atoms with E-state index in [1.54, 1.807) is 0 Å². The largest absolute Gasteiger partial charge is 0.399 e. The summed E-state index contributed by atoms with van der Waals surface area (Å²) in [6.45, 7) is 0.785. The van der Waals surface area contributed by atoms with Gasteiger partial charge >= 0.3 is 6.03 Å². The summed E-state index contributed by atoms with van der Waals surface area (Å²) >= 11 is 0. The second-order valence-corrected chi connectivity index (χ2v) is 5.66. The maximum atomic E-state index is 12.1. The third-order valence-electron chi connectivity index (χ3n) is 4.36. The zero-order chi connectivity index (χ0) is 13.2. The Morgan fingerprint density at radius 2 is 1.79 bits per heavy atom. The molecule has 0 aromatic heterocycles. The van der Waals surface area contributed by atoms with Crippen LogP contribution in [0, 0.1) is 5.92 Å². The van der Waals surface area contributed by atoms with Crippen LogP contribution in [0.2, 0.25) is 0 Å². The lowest BCUT2D eigenvalue weighted by atomic mass is 9.84. The van der Waals surface area contributed by atoms with Crippen LogP contribution in [-0.4, -0.2) is 18.6 Å². The molecule has 1 saturated carbocycles. The second-order valence-electron chi connectivity index (χ2n) is 5.66. The first-order valence-electron chi connectivity index (χ1n) is 7.17. The fourth-order valence-corrected chi connectivity index (χ4v) is 3.24. The topological polar surface area (TPSA) is 58.4 Å². The van der Waals surface area contributed by atoms with Crippen LogP contribution in [-0.2, 0) is 0 Å². The highest BCUT2D eigenvalue weighted by atomic mass is 16.2. The molecule has 1 aromatic rings. The summed E-state index contributed by atoms with van der Waals surface area (Å²) in [5, 5.41) is 3.14. The van der Waals surface area contributed by atoms with Gasteiger partial charge in [0.15, 0.2) is 0 Å². The first kappa shape index (κ1) is 12.3. The van der Waals surface area contributed by atoms with E-state index in [0.29, 0.717) is 12.0 Å². The molecule has 1 atom stereocenters. The number of urea groups is 1. The monoisotopic (exact) mass is 259 g/mol. The van der Waals surface area contributed by atoms with E-state index >= 15 is 0 Å². The van der Waals surface area contributed by atoms with Gasteiger partial charge in [-0.3, -0.25) is 4.90 Å². The minimum atomic E-state index is 0.0281. The Hall–Kier alpha value is -1.71. The highest BCUT2D eigenvalue weighted by Crippen LogP contribution is 2.30. The molecule has 1 aliphatic carbocycles. The number of nitrogen functional groups attached to an aromatic ring is 1. The van der Waals surface area contributed by atoms with E-state index in [4.69, 9.17) is 5.73 Å². The van der Waals surface area contributed by atoms with Gasteiger partial charge in [-0.15, -0.1) is 0 Å². The molecule has 0 radical (unpaired) electrons. The zero-order valence-electron chi connectivity index (χ0n) is 11.1. The van der Waals surface area contributed by atoms with Crippen LogP contribution in [0.5, 0.6) is 0 Å². The quantitative estimate of drug-likeness (QED) is 0.802. The molecule has 1 aromatic carbocycles. The van der Waals surface area contributed by atoms with Crippen molar-refractivity contribution in [1.29, 1.82) is 0 Å². The van der Waals surface area contributed by atoms with E-state index < -0.39 is 0 Å². The Labute approximate surface area is 114 Å². The van der Waals surface area contributed by atoms with Crippen molar-refractivity contribution in [2.24, 2.45) is 5.92 Å². The minimum Gasteiger partial charge on any atom is -0.399 e. The fourth-order valence-electron chi connectivity index (χ4n) is 3.24. The number of anilines is 2. The molecular formula is C15H21N3O. The average molecular weight is 259 g/mol. The predicted molar refractivity (Wildman–Crippen MR) is 77.1 cm³/mol. The number of carbonyl (C=O) groups is 1. The van der Waals surface area contributed by atoms with E-state index in [2.05, 4.69) is 5.32 Å². The average Bonchev–Trinajstić information content (AvgIpc) is 2.83. The molecule has 0 bridgehead atoms. The van der Waals surface area contributed by atoms with Gasteiger partial charge in [0.1, 0.15) is 0 Å². The molecule has 4 heteroatoms.